The molecule has 1 unspecified atom stereocenters. The van der Waals surface area contributed by atoms with E-state index in [0.29, 0.717) is 25.6 Å². The molecular formula is C22H28N2O3. The Morgan fingerprint density at radius 1 is 1.22 bits per heavy atom. The number of nitrogens with zero attached hydrogens (tertiary/aromatic N) is 2. The van der Waals surface area contributed by atoms with Gasteiger partial charge in [-0.2, -0.15) is 0 Å². The van der Waals surface area contributed by atoms with E-state index in [2.05, 4.69) is 17.6 Å². The van der Waals surface area contributed by atoms with Crippen LogP contribution in [0.4, 0.5) is 0 Å². The van der Waals surface area contributed by atoms with Gasteiger partial charge in [0.05, 0.1) is 12.7 Å². The fourth-order valence-corrected chi connectivity index (χ4v) is 4.81. The van der Waals surface area contributed by atoms with E-state index in [0.717, 1.165) is 27.9 Å². The van der Waals surface area contributed by atoms with Crippen molar-refractivity contribution in [1.82, 2.24) is 9.47 Å². The number of methoxy groups -OCH3 is 1. The summed E-state index contributed by atoms with van der Waals surface area (Å²) in [6, 6.07) is 6.51. The van der Waals surface area contributed by atoms with E-state index in [1.54, 1.807) is 7.11 Å². The molecule has 5 heteroatoms. The molecule has 0 radical (unpaired) electrons. The number of hydrogen-bond acceptors (Lipinski definition) is 3. The lowest BCUT2D eigenvalue weighted by Gasteiger charge is -2.30. The van der Waals surface area contributed by atoms with Gasteiger partial charge in [-0.3, -0.25) is 9.59 Å². The SMILES string of the molecule is COc1ccc2c(c1)c(C(=O)N1CCC(=O)C(C)C1)c(C)n2C1CCCC1. The molecule has 1 aliphatic carbocycles. The van der Waals surface area contributed by atoms with Gasteiger partial charge < -0.3 is 14.2 Å². The number of fused-ring (bicyclic) bond motifs is 1. The number of ketones is 1. The van der Waals surface area contributed by atoms with Gasteiger partial charge in [-0.05, 0) is 38.0 Å². The molecule has 0 bridgehead atoms. The molecule has 5 nitrogen and oxygen atoms in total. The zero-order valence-electron chi connectivity index (χ0n) is 16.5. The highest BCUT2D eigenvalue weighted by Crippen LogP contribution is 2.38. The highest BCUT2D eigenvalue weighted by molar-refractivity contribution is 6.09. The summed E-state index contributed by atoms with van der Waals surface area (Å²) in [6.45, 7) is 5.01. The fraction of sp³-hybridized carbons (Fsp3) is 0.545. The monoisotopic (exact) mass is 368 g/mol. The minimum Gasteiger partial charge on any atom is -0.497 e. The van der Waals surface area contributed by atoms with Crippen LogP contribution in [0.2, 0.25) is 0 Å². The van der Waals surface area contributed by atoms with Gasteiger partial charge in [0.25, 0.3) is 5.91 Å². The summed E-state index contributed by atoms with van der Waals surface area (Å²) >= 11 is 0. The lowest BCUT2D eigenvalue weighted by molar-refractivity contribution is -0.124. The number of carbonyl (C=O) groups excluding carboxylic acids is 2. The molecule has 1 saturated carbocycles. The van der Waals surface area contributed by atoms with Crippen molar-refractivity contribution >= 4 is 22.6 Å². The van der Waals surface area contributed by atoms with E-state index in [1.807, 2.05) is 24.0 Å². The van der Waals surface area contributed by atoms with Crippen LogP contribution in [0.1, 0.15) is 61.1 Å². The number of aromatic nitrogens is 1. The Hall–Kier alpha value is -2.30. The molecule has 1 aromatic carbocycles. The molecule has 4 rings (SSSR count). The largest absolute Gasteiger partial charge is 0.497 e. The van der Waals surface area contributed by atoms with Crippen LogP contribution in [0.25, 0.3) is 10.9 Å². The van der Waals surface area contributed by atoms with Gasteiger partial charge >= 0.3 is 0 Å². The average Bonchev–Trinajstić information content (AvgIpc) is 3.28. The summed E-state index contributed by atoms with van der Waals surface area (Å²) in [5.41, 5.74) is 2.93. The van der Waals surface area contributed by atoms with Gasteiger partial charge in [0.15, 0.2) is 0 Å². The Kier molecular flexibility index (Phi) is 4.70. The quantitative estimate of drug-likeness (QED) is 0.819. The number of benzene rings is 1. The lowest BCUT2D eigenvalue weighted by atomic mass is 9.97. The zero-order valence-corrected chi connectivity index (χ0v) is 16.5. The van der Waals surface area contributed by atoms with Crippen LogP contribution in [0.5, 0.6) is 5.75 Å². The van der Waals surface area contributed by atoms with Gasteiger partial charge in [-0.15, -0.1) is 0 Å². The van der Waals surface area contributed by atoms with Gasteiger partial charge in [0.2, 0.25) is 0 Å². The molecule has 1 amide bonds. The molecule has 1 saturated heterocycles. The summed E-state index contributed by atoms with van der Waals surface area (Å²) in [5, 5.41) is 0.966. The number of carbonyl (C=O) groups is 2. The Morgan fingerprint density at radius 3 is 2.63 bits per heavy atom. The Balaban J connectivity index is 1.82. The first-order valence-electron chi connectivity index (χ1n) is 10.0. The second-order valence-corrected chi connectivity index (χ2v) is 8.02. The van der Waals surface area contributed by atoms with Crippen molar-refractivity contribution in [2.24, 2.45) is 5.92 Å². The molecular weight excluding hydrogens is 340 g/mol. The van der Waals surface area contributed by atoms with Crippen LogP contribution < -0.4 is 4.74 Å². The first-order chi connectivity index (χ1) is 13.0. The molecule has 1 aliphatic heterocycles. The maximum atomic E-state index is 13.5. The summed E-state index contributed by atoms with van der Waals surface area (Å²) in [5.74, 6) is 0.982. The van der Waals surface area contributed by atoms with Crippen LogP contribution in [0, 0.1) is 12.8 Å². The third-order valence-corrected chi connectivity index (χ3v) is 6.32. The summed E-state index contributed by atoms with van der Waals surface area (Å²) in [6.07, 6.45) is 5.28. The molecule has 2 heterocycles. The highest BCUT2D eigenvalue weighted by Gasteiger charge is 2.32. The van der Waals surface area contributed by atoms with Gasteiger partial charge in [0, 0.05) is 48.1 Å². The normalized spacial score (nSPS) is 21.2. The van der Waals surface area contributed by atoms with E-state index >= 15 is 0 Å². The zero-order chi connectivity index (χ0) is 19.1. The molecule has 2 fully saturated rings. The van der Waals surface area contributed by atoms with E-state index in [-0.39, 0.29) is 17.6 Å². The van der Waals surface area contributed by atoms with Crippen LogP contribution in [0.3, 0.4) is 0 Å². The molecule has 1 atom stereocenters. The van der Waals surface area contributed by atoms with Crippen LogP contribution >= 0.6 is 0 Å². The molecule has 144 valence electrons. The number of hydrogen-bond donors (Lipinski definition) is 0. The number of rotatable bonds is 3. The van der Waals surface area contributed by atoms with E-state index in [9.17, 15) is 9.59 Å². The lowest BCUT2D eigenvalue weighted by Crippen LogP contribution is -2.43. The third kappa shape index (κ3) is 3.03. The van der Waals surface area contributed by atoms with Crippen molar-refractivity contribution in [3.05, 3.63) is 29.5 Å². The van der Waals surface area contributed by atoms with Gasteiger partial charge in [-0.25, -0.2) is 0 Å². The number of amides is 1. The predicted molar refractivity (Wildman–Crippen MR) is 105 cm³/mol. The molecule has 2 aliphatic rings. The smallest absolute Gasteiger partial charge is 0.256 e. The molecule has 0 N–H and O–H groups in total. The Morgan fingerprint density at radius 2 is 1.96 bits per heavy atom. The topological polar surface area (TPSA) is 51.5 Å². The Labute approximate surface area is 160 Å². The van der Waals surface area contributed by atoms with Crippen molar-refractivity contribution in [3.8, 4) is 5.75 Å². The second kappa shape index (κ2) is 7.02. The molecule has 27 heavy (non-hydrogen) atoms. The average molecular weight is 368 g/mol. The number of ether oxygens (including phenoxy) is 1. The minimum absolute atomic E-state index is 0.0434. The van der Waals surface area contributed by atoms with Crippen LogP contribution in [-0.2, 0) is 4.79 Å². The van der Waals surface area contributed by atoms with Crippen LogP contribution in [0.15, 0.2) is 18.2 Å². The Bertz CT molecular complexity index is 893. The standard InChI is InChI=1S/C22H28N2O3/c1-14-13-23(11-10-20(14)25)22(26)21-15(2)24(16-6-4-5-7-16)19-9-8-17(27-3)12-18(19)21/h8-9,12,14,16H,4-7,10-11,13H2,1-3H3. The summed E-state index contributed by atoms with van der Waals surface area (Å²) < 4.78 is 7.80. The van der Waals surface area contributed by atoms with E-state index in [1.165, 1.54) is 25.7 Å². The van der Waals surface area contributed by atoms with E-state index < -0.39 is 0 Å². The predicted octanol–water partition coefficient (Wildman–Crippen LogP) is 4.12. The minimum atomic E-state index is -0.0827. The molecule has 1 aromatic heterocycles. The number of likely N-dealkylation sites (tertiary alicyclic amines) is 1. The molecule has 2 aromatic rings. The van der Waals surface area contributed by atoms with Gasteiger partial charge in [0.1, 0.15) is 11.5 Å². The number of piperidine rings is 1. The van der Waals surface area contributed by atoms with Crippen molar-refractivity contribution in [2.75, 3.05) is 20.2 Å². The van der Waals surface area contributed by atoms with Crippen molar-refractivity contribution in [2.45, 2.75) is 52.0 Å². The first-order valence-corrected chi connectivity index (χ1v) is 10.0. The van der Waals surface area contributed by atoms with Crippen molar-refractivity contribution in [3.63, 3.8) is 0 Å². The maximum absolute atomic E-state index is 13.5. The maximum Gasteiger partial charge on any atom is 0.256 e. The first kappa shape index (κ1) is 18.1. The van der Waals surface area contributed by atoms with Crippen molar-refractivity contribution in [1.29, 1.82) is 0 Å². The second-order valence-electron chi connectivity index (χ2n) is 8.02. The fourth-order valence-electron chi connectivity index (χ4n) is 4.81. The van der Waals surface area contributed by atoms with Crippen LogP contribution in [-0.4, -0.2) is 41.4 Å². The van der Waals surface area contributed by atoms with Crippen molar-refractivity contribution < 1.29 is 14.3 Å². The third-order valence-electron chi connectivity index (χ3n) is 6.32. The van der Waals surface area contributed by atoms with Gasteiger partial charge in [-0.1, -0.05) is 19.8 Å². The highest BCUT2D eigenvalue weighted by atomic mass is 16.5. The summed E-state index contributed by atoms with van der Waals surface area (Å²) in [7, 11) is 1.65. The number of Topliss-reactive ketones (excluding diaryl/α,β-unsaturated/α-hetero) is 1. The summed E-state index contributed by atoms with van der Waals surface area (Å²) in [4.78, 5) is 27.2. The molecule has 0 spiro atoms. The van der Waals surface area contributed by atoms with E-state index in [4.69, 9.17) is 4.74 Å².